The van der Waals surface area contributed by atoms with Crippen molar-refractivity contribution in [3.05, 3.63) is 45.7 Å². The fourth-order valence-corrected chi connectivity index (χ4v) is 2.39. The van der Waals surface area contributed by atoms with Crippen LogP contribution < -0.4 is 10.2 Å². The number of nitrogens with zero attached hydrogens (tertiary/aromatic N) is 1. The maximum absolute atomic E-state index is 12.6. The third kappa shape index (κ3) is 2.52. The van der Waals surface area contributed by atoms with Gasteiger partial charge >= 0.3 is 5.97 Å². The second kappa shape index (κ2) is 5.72. The Bertz CT molecular complexity index is 974. The maximum Gasteiger partial charge on any atom is 0.340 e. The minimum absolute atomic E-state index is 0.177. The number of aromatic nitrogens is 1. The molecule has 2 aromatic heterocycles. The zero-order valence-electron chi connectivity index (χ0n) is 13.0. The number of methoxy groups -OCH3 is 1. The molecule has 0 aliphatic rings. The SMILES string of the molecule is CCOC(=O)c1cc2oc3ccc(OC)cc3c(=O)c2nc1C. The number of ether oxygens (including phenoxy) is 2. The van der Waals surface area contributed by atoms with Crippen molar-refractivity contribution in [1.29, 1.82) is 0 Å². The number of rotatable bonds is 3. The van der Waals surface area contributed by atoms with Crippen LogP contribution in [0, 0.1) is 6.92 Å². The average Bonchev–Trinajstić information content (AvgIpc) is 2.55. The molecule has 0 spiro atoms. The van der Waals surface area contributed by atoms with E-state index in [1.807, 2.05) is 0 Å². The third-order valence-electron chi connectivity index (χ3n) is 3.54. The predicted octanol–water partition coefficient (Wildman–Crippen LogP) is 2.83. The number of hydrogen-bond donors (Lipinski definition) is 0. The molecule has 0 atom stereocenters. The van der Waals surface area contributed by atoms with Crippen LogP contribution in [-0.4, -0.2) is 24.7 Å². The Labute approximate surface area is 131 Å². The molecule has 23 heavy (non-hydrogen) atoms. The third-order valence-corrected chi connectivity index (χ3v) is 3.54. The maximum atomic E-state index is 12.6. The summed E-state index contributed by atoms with van der Waals surface area (Å²) in [6.45, 7) is 3.64. The van der Waals surface area contributed by atoms with Crippen molar-refractivity contribution in [3.63, 3.8) is 0 Å². The standard InChI is InChI=1S/C17H15NO5/c1-4-22-17(20)11-8-14-15(18-9(11)2)16(19)12-7-10(21-3)5-6-13(12)23-14/h5-8H,4H2,1-3H3. The highest BCUT2D eigenvalue weighted by molar-refractivity contribution is 5.95. The summed E-state index contributed by atoms with van der Waals surface area (Å²) in [4.78, 5) is 28.8. The van der Waals surface area contributed by atoms with Crippen LogP contribution >= 0.6 is 0 Å². The first-order chi connectivity index (χ1) is 11.0. The van der Waals surface area contributed by atoms with Crippen LogP contribution in [0.5, 0.6) is 5.75 Å². The van der Waals surface area contributed by atoms with Crippen molar-refractivity contribution in [1.82, 2.24) is 4.98 Å². The van der Waals surface area contributed by atoms with Crippen molar-refractivity contribution in [3.8, 4) is 5.75 Å². The smallest absolute Gasteiger partial charge is 0.340 e. The second-order valence-corrected chi connectivity index (χ2v) is 4.98. The molecule has 0 amide bonds. The van der Waals surface area contributed by atoms with Crippen molar-refractivity contribution in [2.45, 2.75) is 13.8 Å². The summed E-state index contributed by atoms with van der Waals surface area (Å²) in [6.07, 6.45) is 0. The van der Waals surface area contributed by atoms with E-state index in [0.717, 1.165) is 0 Å². The first-order valence-corrected chi connectivity index (χ1v) is 7.14. The zero-order chi connectivity index (χ0) is 16.6. The fourth-order valence-electron chi connectivity index (χ4n) is 2.39. The van der Waals surface area contributed by atoms with Gasteiger partial charge in [-0.25, -0.2) is 9.78 Å². The normalized spacial score (nSPS) is 10.9. The lowest BCUT2D eigenvalue weighted by Crippen LogP contribution is -2.11. The highest BCUT2D eigenvalue weighted by atomic mass is 16.5. The molecule has 0 bridgehead atoms. The number of fused-ring (bicyclic) bond motifs is 2. The summed E-state index contributed by atoms with van der Waals surface area (Å²) in [5, 5.41) is 0.382. The van der Waals surface area contributed by atoms with Crippen LogP contribution in [0.3, 0.4) is 0 Å². The van der Waals surface area contributed by atoms with Gasteiger partial charge in [-0.2, -0.15) is 0 Å². The average molecular weight is 313 g/mol. The molecule has 118 valence electrons. The van der Waals surface area contributed by atoms with Gasteiger partial charge in [-0.3, -0.25) is 4.79 Å². The molecule has 6 heteroatoms. The molecule has 0 unspecified atom stereocenters. The molecule has 0 aliphatic carbocycles. The second-order valence-electron chi connectivity index (χ2n) is 4.98. The van der Waals surface area contributed by atoms with Gasteiger partial charge in [0.1, 0.15) is 11.3 Å². The molecule has 1 aromatic carbocycles. The fraction of sp³-hybridized carbons (Fsp3) is 0.235. The van der Waals surface area contributed by atoms with E-state index in [1.54, 1.807) is 32.0 Å². The number of carbonyl (C=O) groups excluding carboxylic acids is 1. The largest absolute Gasteiger partial charge is 0.497 e. The summed E-state index contributed by atoms with van der Waals surface area (Å²) in [5.41, 5.74) is 1.28. The molecule has 3 aromatic rings. The molecule has 0 radical (unpaired) electrons. The Kier molecular flexibility index (Phi) is 3.73. The topological polar surface area (TPSA) is 78.6 Å². The zero-order valence-corrected chi connectivity index (χ0v) is 13.0. The van der Waals surface area contributed by atoms with Crippen LogP contribution in [0.25, 0.3) is 22.1 Å². The van der Waals surface area contributed by atoms with Gasteiger partial charge in [0.2, 0.25) is 5.43 Å². The number of aryl methyl sites for hydroxylation is 1. The summed E-state index contributed by atoms with van der Waals surface area (Å²) in [5.74, 6) is 0.0703. The van der Waals surface area contributed by atoms with E-state index in [1.165, 1.54) is 13.2 Å². The highest BCUT2D eigenvalue weighted by Crippen LogP contribution is 2.23. The van der Waals surface area contributed by atoms with Gasteiger partial charge in [-0.05, 0) is 38.1 Å². The van der Waals surface area contributed by atoms with E-state index < -0.39 is 5.97 Å². The molecule has 0 fully saturated rings. The van der Waals surface area contributed by atoms with Crippen LogP contribution in [0.4, 0.5) is 0 Å². The van der Waals surface area contributed by atoms with Crippen LogP contribution in [0.1, 0.15) is 23.0 Å². The molecule has 6 nitrogen and oxygen atoms in total. The van der Waals surface area contributed by atoms with E-state index in [0.29, 0.717) is 22.4 Å². The lowest BCUT2D eigenvalue weighted by molar-refractivity contribution is 0.0525. The van der Waals surface area contributed by atoms with E-state index in [9.17, 15) is 9.59 Å². The first-order valence-electron chi connectivity index (χ1n) is 7.14. The lowest BCUT2D eigenvalue weighted by atomic mass is 10.1. The van der Waals surface area contributed by atoms with Crippen molar-refractivity contribution in [2.24, 2.45) is 0 Å². The minimum atomic E-state index is -0.489. The van der Waals surface area contributed by atoms with Gasteiger partial charge in [-0.1, -0.05) is 0 Å². The minimum Gasteiger partial charge on any atom is -0.497 e. The van der Waals surface area contributed by atoms with Crippen molar-refractivity contribution in [2.75, 3.05) is 13.7 Å². The number of hydrogen-bond acceptors (Lipinski definition) is 6. The van der Waals surface area contributed by atoms with Gasteiger partial charge in [0.15, 0.2) is 11.1 Å². The molecule has 0 N–H and O–H groups in total. The lowest BCUT2D eigenvalue weighted by Gasteiger charge is -2.07. The number of benzene rings is 1. The summed E-state index contributed by atoms with van der Waals surface area (Å²) >= 11 is 0. The first kappa shape index (κ1) is 15.0. The Morgan fingerprint density at radius 3 is 2.74 bits per heavy atom. The number of esters is 1. The Morgan fingerprint density at radius 1 is 1.26 bits per heavy atom. The van der Waals surface area contributed by atoms with Gasteiger partial charge in [0.25, 0.3) is 0 Å². The number of pyridine rings is 1. The number of carbonyl (C=O) groups is 1. The van der Waals surface area contributed by atoms with E-state index in [-0.39, 0.29) is 28.7 Å². The van der Waals surface area contributed by atoms with Gasteiger partial charge < -0.3 is 13.9 Å². The van der Waals surface area contributed by atoms with Crippen LogP contribution in [0.15, 0.2) is 33.5 Å². The molecule has 0 aliphatic heterocycles. The molecular weight excluding hydrogens is 298 g/mol. The Balaban J connectivity index is 2.31. The summed E-state index contributed by atoms with van der Waals surface area (Å²) < 4.78 is 15.8. The highest BCUT2D eigenvalue weighted by Gasteiger charge is 2.17. The molecule has 3 rings (SSSR count). The molecular formula is C17H15NO5. The van der Waals surface area contributed by atoms with E-state index >= 15 is 0 Å². The quantitative estimate of drug-likeness (QED) is 0.546. The van der Waals surface area contributed by atoms with Gasteiger partial charge in [0, 0.05) is 0 Å². The van der Waals surface area contributed by atoms with Crippen LogP contribution in [-0.2, 0) is 4.74 Å². The molecule has 0 saturated heterocycles. The van der Waals surface area contributed by atoms with Crippen molar-refractivity contribution < 1.29 is 18.7 Å². The van der Waals surface area contributed by atoms with Gasteiger partial charge in [-0.15, -0.1) is 0 Å². The Morgan fingerprint density at radius 2 is 2.04 bits per heavy atom. The summed E-state index contributed by atoms with van der Waals surface area (Å²) in [7, 11) is 1.53. The molecule has 0 saturated carbocycles. The summed E-state index contributed by atoms with van der Waals surface area (Å²) in [6, 6.07) is 6.46. The predicted molar refractivity (Wildman–Crippen MR) is 85.0 cm³/mol. The van der Waals surface area contributed by atoms with Gasteiger partial charge in [0.05, 0.1) is 30.4 Å². The van der Waals surface area contributed by atoms with Crippen molar-refractivity contribution >= 4 is 28.0 Å². The monoisotopic (exact) mass is 313 g/mol. The van der Waals surface area contributed by atoms with E-state index in [2.05, 4.69) is 4.98 Å². The van der Waals surface area contributed by atoms with E-state index in [4.69, 9.17) is 13.9 Å². The molecule has 2 heterocycles. The van der Waals surface area contributed by atoms with Crippen LogP contribution in [0.2, 0.25) is 0 Å². The Hall–Kier alpha value is -2.89.